The standard InChI is InChI=1S/C8H11ClN4O2S/c9-7-5-8(11-6-10-7)12-16(14,15)13-3-1-2-4-13/h5-6H,1-4H2,(H,10,11,12). The maximum Gasteiger partial charge on any atom is 0.302 e. The summed E-state index contributed by atoms with van der Waals surface area (Å²) in [5.41, 5.74) is 0. The van der Waals surface area contributed by atoms with Gasteiger partial charge in [-0.25, -0.2) is 9.97 Å². The highest BCUT2D eigenvalue weighted by Gasteiger charge is 2.25. The average Bonchev–Trinajstić information content (AvgIpc) is 2.69. The van der Waals surface area contributed by atoms with Gasteiger partial charge in [-0.15, -0.1) is 0 Å². The van der Waals surface area contributed by atoms with Crippen molar-refractivity contribution in [2.24, 2.45) is 0 Å². The lowest BCUT2D eigenvalue weighted by Crippen LogP contribution is -2.33. The number of halogens is 1. The lowest BCUT2D eigenvalue weighted by atomic mass is 10.4. The number of rotatable bonds is 3. The first-order chi connectivity index (χ1) is 7.58. The molecule has 0 aliphatic carbocycles. The molecular formula is C8H11ClN4O2S. The van der Waals surface area contributed by atoms with Crippen molar-refractivity contribution in [2.75, 3.05) is 17.8 Å². The summed E-state index contributed by atoms with van der Waals surface area (Å²) in [5, 5.41) is 0.203. The number of anilines is 1. The Labute approximate surface area is 98.8 Å². The second kappa shape index (κ2) is 4.52. The first kappa shape index (κ1) is 11.6. The molecule has 0 bridgehead atoms. The maximum atomic E-state index is 11.8. The van der Waals surface area contributed by atoms with Gasteiger partial charge in [-0.2, -0.15) is 12.7 Å². The number of hydrogen-bond donors (Lipinski definition) is 1. The molecule has 16 heavy (non-hydrogen) atoms. The molecule has 1 aliphatic heterocycles. The summed E-state index contributed by atoms with van der Waals surface area (Å²) in [6, 6.07) is 1.37. The molecule has 0 saturated carbocycles. The number of nitrogens with zero attached hydrogens (tertiary/aromatic N) is 3. The second-order valence-corrected chi connectivity index (χ2v) is 5.50. The lowest BCUT2D eigenvalue weighted by Gasteiger charge is -2.15. The van der Waals surface area contributed by atoms with Crippen LogP contribution in [0.2, 0.25) is 5.15 Å². The summed E-state index contributed by atoms with van der Waals surface area (Å²) in [5.74, 6) is 0.187. The smallest absolute Gasteiger partial charge is 0.254 e. The third kappa shape index (κ3) is 2.60. The van der Waals surface area contributed by atoms with Crippen LogP contribution >= 0.6 is 11.6 Å². The SMILES string of the molecule is O=S(=O)(Nc1cc(Cl)ncn1)N1CCCC1. The third-order valence-electron chi connectivity index (χ3n) is 2.27. The third-order valence-corrected chi connectivity index (χ3v) is 3.99. The van der Waals surface area contributed by atoms with E-state index < -0.39 is 10.2 Å². The van der Waals surface area contributed by atoms with Gasteiger partial charge in [-0.3, -0.25) is 4.72 Å². The van der Waals surface area contributed by atoms with E-state index in [9.17, 15) is 8.42 Å². The van der Waals surface area contributed by atoms with Crippen molar-refractivity contribution in [1.82, 2.24) is 14.3 Å². The molecule has 2 heterocycles. The van der Waals surface area contributed by atoms with E-state index in [1.807, 2.05) is 0 Å². The Hall–Kier alpha value is -0.920. The molecule has 88 valence electrons. The van der Waals surface area contributed by atoms with Gasteiger partial charge in [0.25, 0.3) is 0 Å². The Morgan fingerprint density at radius 1 is 1.31 bits per heavy atom. The highest BCUT2D eigenvalue weighted by molar-refractivity contribution is 7.90. The molecule has 0 atom stereocenters. The molecule has 0 amide bonds. The molecule has 1 aromatic rings. The fourth-order valence-electron chi connectivity index (χ4n) is 1.51. The van der Waals surface area contributed by atoms with Gasteiger partial charge in [-0.1, -0.05) is 11.6 Å². The first-order valence-electron chi connectivity index (χ1n) is 4.83. The maximum absolute atomic E-state index is 11.8. The normalized spacial score (nSPS) is 17.6. The molecule has 2 rings (SSSR count). The molecule has 1 aromatic heterocycles. The van der Waals surface area contributed by atoms with Crippen molar-refractivity contribution in [3.05, 3.63) is 17.5 Å². The molecule has 0 unspecified atom stereocenters. The highest BCUT2D eigenvalue weighted by atomic mass is 35.5. The highest BCUT2D eigenvalue weighted by Crippen LogP contribution is 2.16. The van der Waals surface area contributed by atoms with Crippen LogP contribution in [0.4, 0.5) is 5.82 Å². The number of hydrogen-bond acceptors (Lipinski definition) is 4. The predicted molar refractivity (Wildman–Crippen MR) is 60.4 cm³/mol. The van der Waals surface area contributed by atoms with E-state index in [-0.39, 0.29) is 11.0 Å². The Morgan fingerprint density at radius 3 is 2.62 bits per heavy atom. The topological polar surface area (TPSA) is 75.2 Å². The van der Waals surface area contributed by atoms with Gasteiger partial charge in [0.05, 0.1) is 0 Å². The Balaban J connectivity index is 2.14. The molecule has 6 nitrogen and oxygen atoms in total. The fourth-order valence-corrected chi connectivity index (χ4v) is 2.91. The van der Waals surface area contributed by atoms with Gasteiger partial charge >= 0.3 is 10.2 Å². The van der Waals surface area contributed by atoms with Gasteiger partial charge in [0.2, 0.25) is 0 Å². The van der Waals surface area contributed by atoms with Crippen molar-refractivity contribution < 1.29 is 8.42 Å². The van der Waals surface area contributed by atoms with Gasteiger partial charge in [0, 0.05) is 19.2 Å². The monoisotopic (exact) mass is 262 g/mol. The van der Waals surface area contributed by atoms with Crippen molar-refractivity contribution in [3.8, 4) is 0 Å². The number of nitrogens with one attached hydrogen (secondary N) is 1. The van der Waals surface area contributed by atoms with Crippen molar-refractivity contribution in [2.45, 2.75) is 12.8 Å². The molecular weight excluding hydrogens is 252 g/mol. The zero-order valence-corrected chi connectivity index (χ0v) is 10.00. The molecule has 1 fully saturated rings. The van der Waals surface area contributed by atoms with Crippen LogP contribution in [-0.4, -0.2) is 35.8 Å². The van der Waals surface area contributed by atoms with E-state index in [1.165, 1.54) is 16.7 Å². The van der Waals surface area contributed by atoms with Gasteiger partial charge < -0.3 is 0 Å². The van der Waals surface area contributed by atoms with Crippen LogP contribution in [-0.2, 0) is 10.2 Å². The quantitative estimate of drug-likeness (QED) is 0.821. The zero-order valence-electron chi connectivity index (χ0n) is 8.43. The molecule has 1 saturated heterocycles. The predicted octanol–water partition coefficient (Wildman–Crippen LogP) is 0.882. The van der Waals surface area contributed by atoms with E-state index in [2.05, 4.69) is 14.7 Å². The van der Waals surface area contributed by atoms with Crippen molar-refractivity contribution in [1.29, 1.82) is 0 Å². The molecule has 0 spiro atoms. The zero-order chi connectivity index (χ0) is 11.6. The van der Waals surface area contributed by atoms with Crippen LogP contribution in [0.25, 0.3) is 0 Å². The lowest BCUT2D eigenvalue weighted by molar-refractivity contribution is 0.482. The molecule has 0 aromatic carbocycles. The summed E-state index contributed by atoms with van der Waals surface area (Å²) in [7, 11) is -3.50. The summed E-state index contributed by atoms with van der Waals surface area (Å²) in [6.07, 6.45) is 3.00. The number of aromatic nitrogens is 2. The van der Waals surface area contributed by atoms with Gasteiger partial charge in [-0.05, 0) is 12.8 Å². The fraction of sp³-hybridized carbons (Fsp3) is 0.500. The van der Waals surface area contributed by atoms with E-state index in [0.29, 0.717) is 13.1 Å². The Kier molecular flexibility index (Phi) is 3.27. The molecule has 8 heteroatoms. The minimum atomic E-state index is -3.50. The van der Waals surface area contributed by atoms with Crippen LogP contribution in [0.3, 0.4) is 0 Å². The van der Waals surface area contributed by atoms with Crippen LogP contribution in [0.1, 0.15) is 12.8 Å². The van der Waals surface area contributed by atoms with E-state index in [0.717, 1.165) is 12.8 Å². The average molecular weight is 263 g/mol. The summed E-state index contributed by atoms with van der Waals surface area (Å²) in [4.78, 5) is 7.46. The van der Waals surface area contributed by atoms with E-state index in [1.54, 1.807) is 0 Å². The molecule has 0 radical (unpaired) electrons. The van der Waals surface area contributed by atoms with Gasteiger partial charge in [0.15, 0.2) is 0 Å². The van der Waals surface area contributed by atoms with Crippen LogP contribution in [0, 0.1) is 0 Å². The van der Waals surface area contributed by atoms with Crippen molar-refractivity contribution in [3.63, 3.8) is 0 Å². The Morgan fingerprint density at radius 2 is 2.00 bits per heavy atom. The summed E-state index contributed by atoms with van der Waals surface area (Å²) >= 11 is 5.63. The molecule has 1 aliphatic rings. The van der Waals surface area contributed by atoms with Crippen LogP contribution in [0.15, 0.2) is 12.4 Å². The van der Waals surface area contributed by atoms with Crippen LogP contribution < -0.4 is 4.72 Å². The summed E-state index contributed by atoms with van der Waals surface area (Å²) in [6.45, 7) is 1.10. The van der Waals surface area contributed by atoms with E-state index in [4.69, 9.17) is 11.6 Å². The van der Waals surface area contributed by atoms with Gasteiger partial charge in [0.1, 0.15) is 17.3 Å². The van der Waals surface area contributed by atoms with Crippen LogP contribution in [0.5, 0.6) is 0 Å². The minimum absolute atomic E-state index is 0.187. The Bertz CT molecular complexity index is 473. The summed E-state index contributed by atoms with van der Waals surface area (Å²) < 4.78 is 27.4. The van der Waals surface area contributed by atoms with Crippen molar-refractivity contribution >= 4 is 27.6 Å². The minimum Gasteiger partial charge on any atom is -0.254 e. The van der Waals surface area contributed by atoms with E-state index >= 15 is 0 Å². The second-order valence-electron chi connectivity index (χ2n) is 3.44. The molecule has 1 N–H and O–H groups in total. The largest absolute Gasteiger partial charge is 0.302 e. The first-order valence-corrected chi connectivity index (χ1v) is 6.65.